The van der Waals surface area contributed by atoms with Crippen LogP contribution in [0.4, 0.5) is 10.5 Å². The number of nitrogens with one attached hydrogen (secondary N) is 2. The highest BCUT2D eigenvalue weighted by molar-refractivity contribution is 6.33. The van der Waals surface area contributed by atoms with Crippen LogP contribution in [0.5, 0.6) is 17.2 Å². The van der Waals surface area contributed by atoms with E-state index in [0.29, 0.717) is 38.9 Å². The van der Waals surface area contributed by atoms with Crippen molar-refractivity contribution in [3.05, 3.63) is 53.2 Å². The summed E-state index contributed by atoms with van der Waals surface area (Å²) in [6.07, 6.45) is 3.58. The van der Waals surface area contributed by atoms with Gasteiger partial charge in [0.1, 0.15) is 17.2 Å². The molecule has 154 valence electrons. The Kier molecular flexibility index (Phi) is 5.33. The zero-order valence-electron chi connectivity index (χ0n) is 16.1. The standard InChI is InChI=1S/C21H19ClN4O4/c1-29-19-10-17-13(9-14(19)20(23)27)18(6-7-24-17)30-12-4-5-16(15(22)8-12)26-21(28)25-11-2-3-11/h4-11H,2-3H2,1H3,(H2,23,27)(H2,25,26,28)/i7+2. The van der Waals surface area contributed by atoms with Gasteiger partial charge in [0, 0.05) is 29.8 Å². The topological polar surface area (TPSA) is 116 Å². The first-order valence-corrected chi connectivity index (χ1v) is 9.64. The highest BCUT2D eigenvalue weighted by atomic mass is 35.5. The quantitative estimate of drug-likeness (QED) is 0.547. The van der Waals surface area contributed by atoms with Gasteiger partial charge in [-0.1, -0.05) is 11.6 Å². The third-order valence-corrected chi connectivity index (χ3v) is 4.93. The number of ether oxygens (including phenoxy) is 2. The maximum atomic E-state index is 11.9. The molecule has 2 aromatic carbocycles. The van der Waals surface area contributed by atoms with Crippen molar-refractivity contribution in [2.75, 3.05) is 12.4 Å². The van der Waals surface area contributed by atoms with E-state index in [1.807, 2.05) is 0 Å². The third-order valence-electron chi connectivity index (χ3n) is 4.62. The summed E-state index contributed by atoms with van der Waals surface area (Å²) in [7, 11) is 1.45. The number of primary amides is 1. The second-order valence-corrected chi connectivity index (χ2v) is 7.27. The minimum Gasteiger partial charge on any atom is -0.496 e. The van der Waals surface area contributed by atoms with Crippen molar-refractivity contribution in [2.24, 2.45) is 5.73 Å². The second kappa shape index (κ2) is 8.08. The number of nitrogens with zero attached hydrogens (tertiary/aromatic N) is 1. The number of benzene rings is 2. The summed E-state index contributed by atoms with van der Waals surface area (Å²) in [4.78, 5) is 28.0. The lowest BCUT2D eigenvalue weighted by molar-refractivity contribution is 0.0997. The number of pyridine rings is 1. The van der Waals surface area contributed by atoms with Gasteiger partial charge in [-0.25, -0.2) is 4.79 Å². The molecule has 0 bridgehead atoms. The van der Waals surface area contributed by atoms with E-state index < -0.39 is 5.91 Å². The predicted molar refractivity (Wildman–Crippen MR) is 114 cm³/mol. The summed E-state index contributed by atoms with van der Waals surface area (Å²) in [6.45, 7) is 0. The van der Waals surface area contributed by atoms with Crippen LogP contribution in [0.3, 0.4) is 0 Å². The number of halogens is 1. The molecule has 1 heterocycles. The Morgan fingerprint density at radius 1 is 1.23 bits per heavy atom. The van der Waals surface area contributed by atoms with Crippen LogP contribution in [-0.2, 0) is 0 Å². The number of urea groups is 1. The van der Waals surface area contributed by atoms with Gasteiger partial charge in [-0.2, -0.15) is 0 Å². The lowest BCUT2D eigenvalue weighted by Crippen LogP contribution is -2.30. The van der Waals surface area contributed by atoms with Gasteiger partial charge in [0.25, 0.3) is 5.91 Å². The minimum absolute atomic E-state index is 0.224. The molecule has 3 amide bonds. The average molecular weight is 429 g/mol. The van der Waals surface area contributed by atoms with Crippen LogP contribution >= 0.6 is 11.6 Å². The number of aromatic nitrogens is 1. The van der Waals surface area contributed by atoms with Crippen molar-refractivity contribution in [2.45, 2.75) is 18.9 Å². The fraction of sp³-hybridized carbons (Fsp3) is 0.190. The van der Waals surface area contributed by atoms with Gasteiger partial charge >= 0.3 is 6.03 Å². The molecule has 3 aromatic rings. The van der Waals surface area contributed by atoms with E-state index in [4.69, 9.17) is 26.8 Å². The fourth-order valence-electron chi connectivity index (χ4n) is 2.96. The van der Waals surface area contributed by atoms with Gasteiger partial charge in [-0.3, -0.25) is 9.78 Å². The highest BCUT2D eigenvalue weighted by Gasteiger charge is 2.23. The van der Waals surface area contributed by atoms with E-state index in [0.717, 1.165) is 12.8 Å². The maximum Gasteiger partial charge on any atom is 0.319 e. The highest BCUT2D eigenvalue weighted by Crippen LogP contribution is 2.35. The fourth-order valence-corrected chi connectivity index (χ4v) is 3.18. The Hall–Kier alpha value is -3.52. The number of fused-ring (bicyclic) bond motifs is 1. The van der Waals surface area contributed by atoms with Crippen LogP contribution in [0.15, 0.2) is 42.6 Å². The molecule has 0 radical (unpaired) electrons. The van der Waals surface area contributed by atoms with Crippen molar-refractivity contribution < 1.29 is 19.1 Å². The Bertz CT molecular complexity index is 1150. The van der Waals surface area contributed by atoms with Crippen LogP contribution in [-0.4, -0.2) is 30.1 Å². The van der Waals surface area contributed by atoms with Crippen LogP contribution in [0.1, 0.15) is 23.2 Å². The van der Waals surface area contributed by atoms with E-state index in [-0.39, 0.29) is 17.6 Å². The second-order valence-electron chi connectivity index (χ2n) is 6.86. The normalized spacial score (nSPS) is 13.0. The van der Waals surface area contributed by atoms with E-state index in [2.05, 4.69) is 15.6 Å². The molecule has 0 spiro atoms. The van der Waals surface area contributed by atoms with Gasteiger partial charge in [0.2, 0.25) is 0 Å². The average Bonchev–Trinajstić information content (AvgIpc) is 3.53. The summed E-state index contributed by atoms with van der Waals surface area (Å²) < 4.78 is 11.2. The van der Waals surface area contributed by atoms with Gasteiger partial charge in [0.15, 0.2) is 0 Å². The SMILES string of the molecule is COc1cc2n[14cH]cc(Oc3ccc(NC(=O)NC4CC4)c(Cl)c3)c2cc1C(N)=O. The van der Waals surface area contributed by atoms with E-state index in [1.165, 1.54) is 7.11 Å². The van der Waals surface area contributed by atoms with E-state index in [1.54, 1.807) is 42.6 Å². The number of rotatable bonds is 6. The predicted octanol–water partition coefficient (Wildman–Crippen LogP) is 4.07. The maximum absolute atomic E-state index is 11.9. The Morgan fingerprint density at radius 2 is 2.03 bits per heavy atom. The minimum atomic E-state index is -0.619. The molecule has 0 unspecified atom stereocenters. The van der Waals surface area contributed by atoms with Crippen molar-refractivity contribution in [3.63, 3.8) is 0 Å². The lowest BCUT2D eigenvalue weighted by atomic mass is 10.1. The number of nitrogens with two attached hydrogens (primary N) is 1. The van der Waals surface area contributed by atoms with Crippen LogP contribution in [0.2, 0.25) is 5.02 Å². The van der Waals surface area contributed by atoms with Gasteiger partial charge < -0.3 is 25.8 Å². The molecular weight excluding hydrogens is 410 g/mol. The van der Waals surface area contributed by atoms with Crippen molar-refractivity contribution >= 4 is 40.1 Å². The van der Waals surface area contributed by atoms with Gasteiger partial charge in [0.05, 0.1) is 28.9 Å². The number of amides is 3. The number of anilines is 1. The van der Waals surface area contributed by atoms with Crippen LogP contribution in [0, 0.1) is 0 Å². The number of methoxy groups -OCH3 is 1. The Labute approximate surface area is 177 Å². The molecule has 30 heavy (non-hydrogen) atoms. The zero-order valence-corrected chi connectivity index (χ0v) is 16.8. The molecule has 8 nitrogen and oxygen atoms in total. The molecule has 4 N–H and O–H groups in total. The van der Waals surface area contributed by atoms with E-state index >= 15 is 0 Å². The first-order chi connectivity index (χ1) is 14.4. The monoisotopic (exact) mass is 428 g/mol. The molecule has 0 aliphatic heterocycles. The summed E-state index contributed by atoms with van der Waals surface area (Å²) in [5.74, 6) is 0.639. The molecule has 4 rings (SSSR count). The molecule has 1 aliphatic carbocycles. The first kappa shape index (κ1) is 19.8. The number of carbonyl (C=O) groups excluding carboxylic acids is 2. The summed E-state index contributed by atoms with van der Waals surface area (Å²) in [5, 5.41) is 6.48. The summed E-state index contributed by atoms with van der Waals surface area (Å²) in [6, 6.07) is 9.77. The molecule has 0 saturated heterocycles. The summed E-state index contributed by atoms with van der Waals surface area (Å²) in [5.41, 5.74) is 6.73. The van der Waals surface area contributed by atoms with Crippen molar-refractivity contribution in [1.29, 1.82) is 0 Å². The molecule has 1 aliphatic rings. The molecule has 1 aromatic heterocycles. The number of carbonyl (C=O) groups is 2. The van der Waals surface area contributed by atoms with Crippen LogP contribution in [0.25, 0.3) is 10.9 Å². The van der Waals surface area contributed by atoms with Crippen molar-refractivity contribution in [1.82, 2.24) is 10.3 Å². The number of hydrogen-bond donors (Lipinski definition) is 3. The van der Waals surface area contributed by atoms with Crippen molar-refractivity contribution in [3.8, 4) is 17.2 Å². The first-order valence-electron chi connectivity index (χ1n) is 9.26. The molecular formula is C21H19ClN4O4. The Balaban J connectivity index is 1.60. The summed E-state index contributed by atoms with van der Waals surface area (Å²) >= 11 is 6.30. The van der Waals surface area contributed by atoms with Gasteiger partial charge in [-0.15, -0.1) is 0 Å². The number of hydrogen-bond acceptors (Lipinski definition) is 5. The zero-order chi connectivity index (χ0) is 21.3. The molecule has 9 heteroatoms. The molecule has 0 atom stereocenters. The van der Waals surface area contributed by atoms with Crippen LogP contribution < -0.4 is 25.8 Å². The molecule has 1 saturated carbocycles. The third kappa shape index (κ3) is 4.23. The van der Waals surface area contributed by atoms with E-state index in [9.17, 15) is 9.59 Å². The van der Waals surface area contributed by atoms with Gasteiger partial charge in [-0.05, 0) is 37.1 Å². The smallest absolute Gasteiger partial charge is 0.319 e. The Morgan fingerprint density at radius 3 is 2.70 bits per heavy atom. The lowest BCUT2D eigenvalue weighted by Gasteiger charge is -2.13. The largest absolute Gasteiger partial charge is 0.496 e. The molecule has 1 fully saturated rings.